The van der Waals surface area contributed by atoms with Crippen LogP contribution in [0.3, 0.4) is 0 Å². The lowest BCUT2D eigenvalue weighted by atomic mass is 10.1. The maximum Gasteiger partial charge on any atom is 0.0898 e. The van der Waals surface area contributed by atoms with Crippen molar-refractivity contribution in [2.75, 3.05) is 7.05 Å². The fraction of sp³-hybridized carbons (Fsp3) is 0.533. The average molecular weight is 275 g/mol. The topological polar surface area (TPSA) is 29.9 Å². The van der Waals surface area contributed by atoms with Gasteiger partial charge in [-0.05, 0) is 44.4 Å². The maximum atomic E-state index is 4.55. The van der Waals surface area contributed by atoms with Gasteiger partial charge in [-0.25, -0.2) is 4.98 Å². The first-order valence-corrected chi connectivity index (χ1v) is 7.91. The minimum Gasteiger partial charge on any atom is -0.348 e. The van der Waals surface area contributed by atoms with Gasteiger partial charge in [0.25, 0.3) is 0 Å². The van der Waals surface area contributed by atoms with Crippen molar-refractivity contribution in [3.63, 3.8) is 0 Å². The minimum atomic E-state index is 0.524. The van der Waals surface area contributed by atoms with Gasteiger partial charge in [0.1, 0.15) is 0 Å². The van der Waals surface area contributed by atoms with Gasteiger partial charge in [0, 0.05) is 23.8 Å². The summed E-state index contributed by atoms with van der Waals surface area (Å²) < 4.78 is 2.30. The summed E-state index contributed by atoms with van der Waals surface area (Å²) in [5.74, 6) is 0. The van der Waals surface area contributed by atoms with Crippen molar-refractivity contribution >= 4 is 11.3 Å². The number of fused-ring (bicyclic) bond motifs is 1. The van der Waals surface area contributed by atoms with E-state index in [1.807, 2.05) is 0 Å². The van der Waals surface area contributed by atoms with Crippen LogP contribution in [0.1, 0.15) is 47.1 Å². The van der Waals surface area contributed by atoms with E-state index in [2.05, 4.69) is 46.6 Å². The highest BCUT2D eigenvalue weighted by atomic mass is 32.1. The Bertz CT molecular complexity index is 555. The Hall–Kier alpha value is -1.13. The van der Waals surface area contributed by atoms with Crippen molar-refractivity contribution in [2.24, 2.45) is 0 Å². The number of hydrogen-bond acceptors (Lipinski definition) is 3. The predicted octanol–water partition coefficient (Wildman–Crippen LogP) is 3.29. The van der Waals surface area contributed by atoms with Crippen molar-refractivity contribution in [2.45, 2.75) is 45.2 Å². The molecule has 1 unspecified atom stereocenters. The number of aromatic nitrogens is 2. The van der Waals surface area contributed by atoms with Crippen LogP contribution in [-0.2, 0) is 13.0 Å². The molecule has 1 N–H and O–H groups in total. The monoisotopic (exact) mass is 275 g/mol. The van der Waals surface area contributed by atoms with Gasteiger partial charge in [-0.1, -0.05) is 6.42 Å². The largest absolute Gasteiger partial charge is 0.348 e. The Morgan fingerprint density at radius 1 is 1.42 bits per heavy atom. The molecular formula is C15H21N3S. The molecule has 1 aliphatic carbocycles. The summed E-state index contributed by atoms with van der Waals surface area (Å²) in [6.07, 6.45) is 9.74. The van der Waals surface area contributed by atoms with Gasteiger partial charge in [0.05, 0.1) is 17.2 Å². The molecule has 2 heterocycles. The summed E-state index contributed by atoms with van der Waals surface area (Å²) in [5.41, 5.74) is 4.18. The molecule has 0 aliphatic heterocycles. The predicted molar refractivity (Wildman–Crippen MR) is 79.7 cm³/mol. The molecule has 0 spiro atoms. The molecular weight excluding hydrogens is 254 g/mol. The van der Waals surface area contributed by atoms with Crippen LogP contribution in [-0.4, -0.2) is 16.6 Å². The fourth-order valence-corrected chi connectivity index (χ4v) is 3.58. The number of rotatable bonds is 3. The quantitative estimate of drug-likeness (QED) is 0.871. The molecule has 3 rings (SSSR count). The number of nitrogens with zero attached hydrogens (tertiary/aromatic N) is 2. The van der Waals surface area contributed by atoms with Gasteiger partial charge in [0.15, 0.2) is 0 Å². The number of hydrogen-bond donors (Lipinski definition) is 1. The summed E-state index contributed by atoms with van der Waals surface area (Å²) in [6.45, 7) is 2.96. The summed E-state index contributed by atoms with van der Waals surface area (Å²) in [4.78, 5) is 4.55. The van der Waals surface area contributed by atoms with E-state index in [0.717, 1.165) is 11.6 Å². The molecule has 0 saturated heterocycles. The highest BCUT2D eigenvalue weighted by Crippen LogP contribution is 2.29. The highest BCUT2D eigenvalue weighted by molar-refractivity contribution is 7.09. The van der Waals surface area contributed by atoms with Crippen molar-refractivity contribution in [1.82, 2.24) is 14.9 Å². The number of nitrogens with one attached hydrogen (secondary N) is 1. The lowest BCUT2D eigenvalue weighted by Gasteiger charge is -2.13. The van der Waals surface area contributed by atoms with Crippen LogP contribution < -0.4 is 5.32 Å². The summed E-state index contributed by atoms with van der Waals surface area (Å²) in [6, 6.07) is 0.524. The zero-order valence-electron chi connectivity index (χ0n) is 11.6. The Morgan fingerprint density at radius 3 is 3.05 bits per heavy atom. The fourth-order valence-electron chi connectivity index (χ4n) is 2.97. The van der Waals surface area contributed by atoms with Gasteiger partial charge < -0.3 is 9.88 Å². The third kappa shape index (κ3) is 2.74. The third-order valence-corrected chi connectivity index (χ3v) is 4.74. The van der Waals surface area contributed by atoms with Crippen LogP contribution in [0.25, 0.3) is 0 Å². The molecule has 19 heavy (non-hydrogen) atoms. The van der Waals surface area contributed by atoms with E-state index in [0.29, 0.717) is 6.04 Å². The standard InChI is InChI=1S/C15H21N3S/c1-11-17-13(10-19-11)8-18-7-12-5-3-4-6-15(16-2)14(12)9-18/h7,9-10,15-16H,3-6,8H2,1-2H3. The van der Waals surface area contributed by atoms with Crippen LogP contribution in [0.2, 0.25) is 0 Å². The van der Waals surface area contributed by atoms with Gasteiger partial charge in [-0.15, -0.1) is 11.3 Å². The summed E-state index contributed by atoms with van der Waals surface area (Å²) >= 11 is 1.73. The second kappa shape index (κ2) is 5.47. The Labute approximate surface area is 118 Å². The van der Waals surface area contributed by atoms with Crippen molar-refractivity contribution < 1.29 is 0 Å². The Balaban J connectivity index is 1.84. The second-order valence-corrected chi connectivity index (χ2v) is 6.42. The summed E-state index contributed by atoms with van der Waals surface area (Å²) in [7, 11) is 2.07. The molecule has 0 amide bonds. The molecule has 3 nitrogen and oxygen atoms in total. The van der Waals surface area contributed by atoms with Crippen LogP contribution in [0.5, 0.6) is 0 Å². The number of aryl methyl sites for hydroxylation is 2. The first-order valence-electron chi connectivity index (χ1n) is 7.03. The van der Waals surface area contributed by atoms with Crippen molar-refractivity contribution in [3.05, 3.63) is 39.6 Å². The van der Waals surface area contributed by atoms with Crippen LogP contribution in [0.4, 0.5) is 0 Å². The molecule has 0 aromatic carbocycles. The molecule has 1 aliphatic rings. The first-order chi connectivity index (χ1) is 9.26. The van der Waals surface area contributed by atoms with E-state index < -0.39 is 0 Å². The lowest BCUT2D eigenvalue weighted by molar-refractivity contribution is 0.531. The van der Waals surface area contributed by atoms with Crippen molar-refractivity contribution in [3.8, 4) is 0 Å². The highest BCUT2D eigenvalue weighted by Gasteiger charge is 2.19. The second-order valence-electron chi connectivity index (χ2n) is 5.36. The van der Waals surface area contributed by atoms with Crippen LogP contribution in [0, 0.1) is 6.92 Å². The molecule has 2 aromatic heterocycles. The van der Waals surface area contributed by atoms with Crippen LogP contribution >= 0.6 is 11.3 Å². The zero-order chi connectivity index (χ0) is 13.2. The van der Waals surface area contributed by atoms with E-state index >= 15 is 0 Å². The number of thiazole rings is 1. The molecule has 1 atom stereocenters. The SMILES string of the molecule is CNC1CCCCc2cn(Cc3csc(C)n3)cc21. The minimum absolute atomic E-state index is 0.524. The molecule has 102 valence electrons. The molecule has 0 fully saturated rings. The van der Waals surface area contributed by atoms with Crippen LogP contribution in [0.15, 0.2) is 17.8 Å². The van der Waals surface area contributed by atoms with E-state index in [1.165, 1.54) is 42.5 Å². The Kier molecular flexibility index (Phi) is 3.71. The maximum absolute atomic E-state index is 4.55. The van der Waals surface area contributed by atoms with E-state index in [-0.39, 0.29) is 0 Å². The zero-order valence-corrected chi connectivity index (χ0v) is 12.5. The van der Waals surface area contributed by atoms with Gasteiger partial charge in [-0.3, -0.25) is 0 Å². The van der Waals surface area contributed by atoms with Crippen molar-refractivity contribution in [1.29, 1.82) is 0 Å². The lowest BCUT2D eigenvalue weighted by Crippen LogP contribution is -2.15. The van der Waals surface area contributed by atoms with E-state index in [1.54, 1.807) is 11.3 Å². The van der Waals surface area contributed by atoms with E-state index in [9.17, 15) is 0 Å². The van der Waals surface area contributed by atoms with Gasteiger partial charge >= 0.3 is 0 Å². The molecule has 2 aromatic rings. The normalized spacial score (nSPS) is 19.2. The summed E-state index contributed by atoms with van der Waals surface area (Å²) in [5, 5.41) is 6.77. The first kappa shape index (κ1) is 12.9. The molecule has 0 saturated carbocycles. The average Bonchev–Trinajstić information content (AvgIpc) is 2.92. The third-order valence-electron chi connectivity index (χ3n) is 3.92. The van der Waals surface area contributed by atoms with Gasteiger partial charge in [0.2, 0.25) is 0 Å². The molecule has 4 heteroatoms. The Morgan fingerprint density at radius 2 is 2.32 bits per heavy atom. The van der Waals surface area contributed by atoms with E-state index in [4.69, 9.17) is 0 Å². The van der Waals surface area contributed by atoms with Gasteiger partial charge in [-0.2, -0.15) is 0 Å². The molecule has 0 radical (unpaired) electrons. The smallest absolute Gasteiger partial charge is 0.0898 e. The molecule has 0 bridgehead atoms.